The molecule has 0 unspecified atom stereocenters. The van der Waals surface area contributed by atoms with Gasteiger partial charge in [0.25, 0.3) is 5.91 Å². The van der Waals surface area contributed by atoms with E-state index in [1.165, 1.54) is 94.8 Å². The van der Waals surface area contributed by atoms with Crippen LogP contribution in [0.15, 0.2) is 41.8 Å². The molecule has 5 heteroatoms. The predicted molar refractivity (Wildman–Crippen MR) is 146 cm³/mol. The van der Waals surface area contributed by atoms with E-state index < -0.39 is 0 Å². The van der Waals surface area contributed by atoms with E-state index in [2.05, 4.69) is 35.0 Å². The lowest BCUT2D eigenvalue weighted by molar-refractivity contribution is 0.0953. The molecule has 0 saturated heterocycles. The average molecular weight is 482 g/mol. The van der Waals surface area contributed by atoms with Crippen LogP contribution in [0.5, 0.6) is 0 Å². The largest absolute Gasteiger partial charge is 0.344 e. The number of rotatable bonds is 18. The topological polar surface area (TPSA) is 46.9 Å². The van der Waals surface area contributed by atoms with Gasteiger partial charge < -0.3 is 9.88 Å². The molecule has 186 valence electrons. The number of unbranched alkanes of at least 4 members (excludes halogenated alkanes) is 13. The monoisotopic (exact) mass is 481 g/mol. The molecule has 0 aliphatic rings. The highest BCUT2D eigenvalue weighted by molar-refractivity contribution is 7.12. The molecule has 1 N–H and O–H groups in total. The molecule has 4 nitrogen and oxygen atoms in total. The molecule has 0 fully saturated rings. The van der Waals surface area contributed by atoms with Gasteiger partial charge in [0.2, 0.25) is 0 Å². The second-order valence-electron chi connectivity index (χ2n) is 9.42. The lowest BCUT2D eigenvalue weighted by Gasteiger charge is -2.10. The Kier molecular flexibility index (Phi) is 12.2. The van der Waals surface area contributed by atoms with Crippen LogP contribution in [0.2, 0.25) is 0 Å². The SMILES string of the molecule is CCCCCCCCCCCCCCCCn1c(CNC(=O)c2cccs2)nc2ccccc21. The van der Waals surface area contributed by atoms with E-state index in [4.69, 9.17) is 4.98 Å². The lowest BCUT2D eigenvalue weighted by Crippen LogP contribution is -2.24. The van der Waals surface area contributed by atoms with Crippen molar-refractivity contribution in [3.8, 4) is 0 Å². The summed E-state index contributed by atoms with van der Waals surface area (Å²) < 4.78 is 2.30. The summed E-state index contributed by atoms with van der Waals surface area (Å²) in [5, 5.41) is 4.97. The minimum absolute atomic E-state index is 0.0231. The Bertz CT molecular complexity index is 948. The van der Waals surface area contributed by atoms with Crippen molar-refractivity contribution < 1.29 is 4.79 Å². The minimum atomic E-state index is -0.0231. The number of nitrogens with one attached hydrogen (secondary N) is 1. The zero-order valence-electron chi connectivity index (χ0n) is 21.1. The van der Waals surface area contributed by atoms with Crippen LogP contribution in [0.4, 0.5) is 0 Å². The number of fused-ring (bicyclic) bond motifs is 1. The van der Waals surface area contributed by atoms with Gasteiger partial charge in [-0.05, 0) is 30.0 Å². The Morgan fingerprint density at radius 2 is 1.44 bits per heavy atom. The van der Waals surface area contributed by atoms with E-state index in [0.717, 1.165) is 34.7 Å². The van der Waals surface area contributed by atoms with Gasteiger partial charge in [0.1, 0.15) is 5.82 Å². The number of nitrogens with zero attached hydrogens (tertiary/aromatic N) is 2. The van der Waals surface area contributed by atoms with Crippen LogP contribution in [0.25, 0.3) is 11.0 Å². The average Bonchev–Trinajstić information content (AvgIpc) is 3.51. The van der Waals surface area contributed by atoms with Gasteiger partial charge in [-0.2, -0.15) is 0 Å². The minimum Gasteiger partial charge on any atom is -0.344 e. The molecule has 3 aromatic rings. The summed E-state index contributed by atoms with van der Waals surface area (Å²) >= 11 is 1.47. The Balaban J connectivity index is 1.32. The molecule has 1 aromatic carbocycles. The fourth-order valence-corrected chi connectivity index (χ4v) is 5.27. The molecular weight excluding hydrogens is 438 g/mol. The summed E-state index contributed by atoms with van der Waals surface area (Å²) in [5.41, 5.74) is 2.17. The first kappa shape index (κ1) is 26.5. The summed E-state index contributed by atoms with van der Waals surface area (Å²) in [4.78, 5) is 17.9. The van der Waals surface area contributed by atoms with Gasteiger partial charge in [-0.3, -0.25) is 4.79 Å². The highest BCUT2D eigenvalue weighted by Gasteiger charge is 2.12. The molecule has 0 atom stereocenters. The number of para-hydroxylation sites is 2. The molecular formula is C29H43N3OS. The van der Waals surface area contributed by atoms with E-state index in [0.29, 0.717) is 6.54 Å². The molecule has 0 saturated carbocycles. The van der Waals surface area contributed by atoms with Crippen molar-refractivity contribution in [3.63, 3.8) is 0 Å². The first-order valence-corrected chi connectivity index (χ1v) is 14.4. The number of benzene rings is 1. The van der Waals surface area contributed by atoms with Crippen LogP contribution in [-0.4, -0.2) is 15.5 Å². The number of aryl methyl sites for hydroxylation is 1. The van der Waals surface area contributed by atoms with E-state index in [1.54, 1.807) is 0 Å². The summed E-state index contributed by atoms with van der Waals surface area (Å²) in [7, 11) is 0. The standard InChI is InChI=1S/C29H43N3OS/c1-2-3-4-5-6-7-8-9-10-11-12-13-14-17-22-32-26-20-16-15-19-25(26)31-28(32)24-30-29(33)27-21-18-23-34-27/h15-16,18-21,23H,2-14,17,22,24H2,1H3,(H,30,33). The van der Waals surface area contributed by atoms with Gasteiger partial charge in [0, 0.05) is 6.54 Å². The van der Waals surface area contributed by atoms with Crippen molar-refractivity contribution in [1.29, 1.82) is 0 Å². The maximum atomic E-state index is 12.4. The summed E-state index contributed by atoms with van der Waals surface area (Å²) in [5.74, 6) is 0.922. The van der Waals surface area contributed by atoms with Crippen LogP contribution in [0, 0.1) is 0 Å². The number of amides is 1. The maximum absolute atomic E-state index is 12.4. The highest BCUT2D eigenvalue weighted by Crippen LogP contribution is 2.19. The Morgan fingerprint density at radius 3 is 2.06 bits per heavy atom. The van der Waals surface area contributed by atoms with Gasteiger partial charge in [-0.25, -0.2) is 4.98 Å². The number of imidazole rings is 1. The highest BCUT2D eigenvalue weighted by atomic mass is 32.1. The number of thiophene rings is 1. The van der Waals surface area contributed by atoms with Gasteiger partial charge in [0.15, 0.2) is 0 Å². The fraction of sp³-hybridized carbons (Fsp3) is 0.586. The molecule has 2 heterocycles. The van der Waals surface area contributed by atoms with E-state index >= 15 is 0 Å². The number of aromatic nitrogens is 2. The maximum Gasteiger partial charge on any atom is 0.261 e. The van der Waals surface area contributed by atoms with Gasteiger partial charge in [-0.15, -0.1) is 11.3 Å². The van der Waals surface area contributed by atoms with Crippen molar-refractivity contribution in [2.45, 2.75) is 110 Å². The third-order valence-electron chi connectivity index (χ3n) is 6.62. The Morgan fingerprint density at radius 1 is 0.824 bits per heavy atom. The fourth-order valence-electron chi connectivity index (χ4n) is 4.63. The Labute approximate surface area is 210 Å². The predicted octanol–water partition coefficient (Wildman–Crippen LogP) is 8.51. The van der Waals surface area contributed by atoms with Crippen molar-refractivity contribution in [1.82, 2.24) is 14.9 Å². The second-order valence-corrected chi connectivity index (χ2v) is 10.4. The second kappa shape index (κ2) is 15.7. The molecule has 0 radical (unpaired) electrons. The first-order chi connectivity index (χ1) is 16.8. The summed E-state index contributed by atoms with van der Waals surface area (Å²) in [6.07, 6.45) is 19.2. The number of carbonyl (C=O) groups excluding carboxylic acids is 1. The molecule has 0 aliphatic carbocycles. The molecule has 0 aliphatic heterocycles. The summed E-state index contributed by atoms with van der Waals surface area (Å²) in [6.45, 7) is 3.71. The Hall–Kier alpha value is -2.14. The van der Waals surface area contributed by atoms with Gasteiger partial charge in [0.05, 0.1) is 22.5 Å². The zero-order valence-corrected chi connectivity index (χ0v) is 21.9. The van der Waals surface area contributed by atoms with Crippen LogP contribution < -0.4 is 5.32 Å². The smallest absolute Gasteiger partial charge is 0.261 e. The van der Waals surface area contributed by atoms with E-state index in [9.17, 15) is 4.79 Å². The molecule has 2 aromatic heterocycles. The van der Waals surface area contributed by atoms with Crippen LogP contribution in [0.3, 0.4) is 0 Å². The van der Waals surface area contributed by atoms with Crippen molar-refractivity contribution in [2.24, 2.45) is 0 Å². The van der Waals surface area contributed by atoms with Crippen LogP contribution >= 0.6 is 11.3 Å². The van der Waals surface area contributed by atoms with Crippen molar-refractivity contribution in [2.75, 3.05) is 0 Å². The molecule has 3 rings (SSSR count). The molecule has 0 spiro atoms. The van der Waals surface area contributed by atoms with Crippen molar-refractivity contribution >= 4 is 28.3 Å². The van der Waals surface area contributed by atoms with Crippen molar-refractivity contribution in [3.05, 3.63) is 52.5 Å². The summed E-state index contributed by atoms with van der Waals surface area (Å²) in [6, 6.07) is 12.1. The first-order valence-electron chi connectivity index (χ1n) is 13.6. The van der Waals surface area contributed by atoms with Gasteiger partial charge >= 0.3 is 0 Å². The number of hydrogen-bond donors (Lipinski definition) is 1. The normalized spacial score (nSPS) is 11.3. The van der Waals surface area contributed by atoms with E-state index in [-0.39, 0.29) is 5.91 Å². The molecule has 34 heavy (non-hydrogen) atoms. The third-order valence-corrected chi connectivity index (χ3v) is 7.49. The van der Waals surface area contributed by atoms with Crippen LogP contribution in [0.1, 0.15) is 112 Å². The number of carbonyl (C=O) groups is 1. The van der Waals surface area contributed by atoms with Crippen LogP contribution in [-0.2, 0) is 13.1 Å². The lowest BCUT2D eigenvalue weighted by atomic mass is 10.0. The number of hydrogen-bond acceptors (Lipinski definition) is 3. The zero-order chi connectivity index (χ0) is 23.8. The molecule has 1 amide bonds. The quantitative estimate of drug-likeness (QED) is 0.185. The van der Waals surface area contributed by atoms with Gasteiger partial charge in [-0.1, -0.05) is 109 Å². The third kappa shape index (κ3) is 8.90. The molecule has 0 bridgehead atoms. The van der Waals surface area contributed by atoms with E-state index in [1.807, 2.05) is 23.6 Å².